The summed E-state index contributed by atoms with van der Waals surface area (Å²) in [5.74, 6) is -0.692. The van der Waals surface area contributed by atoms with Gasteiger partial charge in [-0.3, -0.25) is 14.9 Å². The van der Waals surface area contributed by atoms with Crippen LogP contribution in [0, 0.1) is 0 Å². The number of ether oxygens (including phenoxy) is 3. The molecule has 0 saturated carbocycles. The van der Waals surface area contributed by atoms with E-state index < -0.39 is 24.4 Å². The fourth-order valence-electron chi connectivity index (χ4n) is 2.21. The van der Waals surface area contributed by atoms with Gasteiger partial charge in [-0.05, 0) is 48.6 Å². The summed E-state index contributed by atoms with van der Waals surface area (Å²) in [4.78, 5) is 35.7. The minimum absolute atomic E-state index is 0.404. The number of rotatable bonds is 10. The maximum atomic E-state index is 11.8. The van der Waals surface area contributed by atoms with Crippen molar-refractivity contribution >= 4 is 35.2 Å². The number of benzene rings is 1. The lowest BCUT2D eigenvalue weighted by molar-refractivity contribution is -0.143. The highest BCUT2D eigenvalue weighted by Gasteiger charge is 2.12. The maximum Gasteiger partial charge on any atom is 0.331 e. The normalized spacial score (nSPS) is 10.6. The van der Waals surface area contributed by atoms with Crippen molar-refractivity contribution in [3.8, 4) is 11.5 Å². The molecule has 0 fully saturated rings. The lowest BCUT2D eigenvalue weighted by Crippen LogP contribution is -2.33. The lowest BCUT2D eigenvalue weighted by atomic mass is 10.2. The Balaban J connectivity index is 1.86. The van der Waals surface area contributed by atoms with Gasteiger partial charge in [0.2, 0.25) is 0 Å². The molecule has 2 amide bonds. The molecule has 0 saturated heterocycles. The number of hydrogen-bond donors (Lipinski definition) is 1. The van der Waals surface area contributed by atoms with E-state index in [4.69, 9.17) is 14.2 Å². The van der Waals surface area contributed by atoms with Crippen LogP contribution in [0.25, 0.3) is 6.08 Å². The van der Waals surface area contributed by atoms with Gasteiger partial charge in [0.25, 0.3) is 11.8 Å². The van der Waals surface area contributed by atoms with E-state index in [-0.39, 0.29) is 0 Å². The number of carbonyl (C=O) groups excluding carboxylic acids is 3. The van der Waals surface area contributed by atoms with Crippen molar-refractivity contribution in [3.63, 3.8) is 0 Å². The molecular weight excluding hydrogens is 394 g/mol. The fourth-order valence-corrected chi connectivity index (χ4v) is 2.83. The summed E-state index contributed by atoms with van der Waals surface area (Å²) >= 11 is 1.21. The molecule has 0 spiro atoms. The maximum absolute atomic E-state index is 11.8. The van der Waals surface area contributed by atoms with Crippen LogP contribution in [0.2, 0.25) is 0 Å². The molecule has 0 bridgehead atoms. The average molecular weight is 417 g/mol. The van der Waals surface area contributed by atoms with E-state index in [0.29, 0.717) is 35.2 Å². The molecule has 0 unspecified atom stereocenters. The van der Waals surface area contributed by atoms with Crippen LogP contribution in [0.15, 0.2) is 41.8 Å². The Morgan fingerprint density at radius 1 is 1.10 bits per heavy atom. The third-order valence-corrected chi connectivity index (χ3v) is 4.35. The monoisotopic (exact) mass is 417 g/mol. The van der Waals surface area contributed by atoms with Crippen molar-refractivity contribution in [3.05, 3.63) is 52.2 Å². The minimum Gasteiger partial charge on any atom is -0.490 e. The largest absolute Gasteiger partial charge is 0.490 e. The molecule has 0 aliphatic rings. The van der Waals surface area contributed by atoms with Gasteiger partial charge in [0.15, 0.2) is 18.1 Å². The van der Waals surface area contributed by atoms with E-state index in [0.717, 1.165) is 6.42 Å². The molecule has 8 heteroatoms. The first-order chi connectivity index (χ1) is 14.0. The fraction of sp³-hybridized carbons (Fsp3) is 0.286. The molecule has 1 aromatic carbocycles. The molecule has 2 aromatic rings. The molecule has 29 heavy (non-hydrogen) atoms. The van der Waals surface area contributed by atoms with E-state index in [9.17, 15) is 14.4 Å². The SMILES string of the molecule is CCCOc1ccc(/C=C/C(=O)OCC(=O)NC(=O)c2cccs2)cc1OCC. The summed E-state index contributed by atoms with van der Waals surface area (Å²) in [7, 11) is 0. The van der Waals surface area contributed by atoms with Gasteiger partial charge in [-0.2, -0.15) is 0 Å². The second-order valence-corrected chi connectivity index (χ2v) is 6.73. The van der Waals surface area contributed by atoms with Crippen LogP contribution in [0.3, 0.4) is 0 Å². The van der Waals surface area contributed by atoms with Gasteiger partial charge in [0.1, 0.15) is 0 Å². The average Bonchev–Trinajstić information content (AvgIpc) is 3.25. The summed E-state index contributed by atoms with van der Waals surface area (Å²) in [5, 5.41) is 3.88. The number of esters is 1. The number of nitrogens with one attached hydrogen (secondary N) is 1. The van der Waals surface area contributed by atoms with Crippen molar-refractivity contribution in [1.29, 1.82) is 0 Å². The van der Waals surface area contributed by atoms with Gasteiger partial charge in [0, 0.05) is 6.08 Å². The molecule has 0 atom stereocenters. The smallest absolute Gasteiger partial charge is 0.331 e. The highest BCUT2D eigenvalue weighted by Crippen LogP contribution is 2.29. The number of hydrogen-bond acceptors (Lipinski definition) is 7. The van der Waals surface area contributed by atoms with Gasteiger partial charge in [0.05, 0.1) is 18.1 Å². The summed E-state index contributed by atoms with van der Waals surface area (Å²) in [6.45, 7) is 4.41. The molecule has 154 valence electrons. The van der Waals surface area contributed by atoms with Crippen LogP contribution in [-0.2, 0) is 14.3 Å². The molecule has 1 N–H and O–H groups in total. The van der Waals surface area contributed by atoms with E-state index in [1.54, 1.807) is 41.8 Å². The van der Waals surface area contributed by atoms with Crippen molar-refractivity contribution < 1.29 is 28.6 Å². The summed E-state index contributed by atoms with van der Waals surface area (Å²) in [5.41, 5.74) is 0.714. The highest BCUT2D eigenvalue weighted by atomic mass is 32.1. The molecule has 1 heterocycles. The molecule has 7 nitrogen and oxygen atoms in total. The first kappa shape index (κ1) is 22.2. The molecule has 0 aliphatic carbocycles. The van der Waals surface area contributed by atoms with Crippen LogP contribution in [0.5, 0.6) is 11.5 Å². The molecule has 2 rings (SSSR count). The van der Waals surface area contributed by atoms with Crippen LogP contribution in [0.4, 0.5) is 0 Å². The van der Waals surface area contributed by atoms with Crippen LogP contribution in [-0.4, -0.2) is 37.6 Å². The van der Waals surface area contributed by atoms with Crippen molar-refractivity contribution in [2.45, 2.75) is 20.3 Å². The zero-order valence-electron chi connectivity index (χ0n) is 16.3. The van der Waals surface area contributed by atoms with E-state index in [1.807, 2.05) is 13.8 Å². The van der Waals surface area contributed by atoms with E-state index in [1.165, 1.54) is 17.4 Å². The van der Waals surface area contributed by atoms with Gasteiger partial charge < -0.3 is 14.2 Å². The number of thiophene rings is 1. The molecule has 1 aromatic heterocycles. The minimum atomic E-state index is -0.701. The lowest BCUT2D eigenvalue weighted by Gasteiger charge is -2.12. The van der Waals surface area contributed by atoms with Crippen LogP contribution >= 0.6 is 11.3 Å². The standard InChI is InChI=1S/C21H23NO6S/c1-3-11-27-16-9-7-15(13-17(16)26-4-2)8-10-20(24)28-14-19(23)22-21(25)18-6-5-12-29-18/h5-10,12-13H,3-4,11,14H2,1-2H3,(H,22,23,25)/b10-8+. The Morgan fingerprint density at radius 2 is 1.93 bits per heavy atom. The molecular formula is C21H23NO6S. The van der Waals surface area contributed by atoms with Crippen LogP contribution in [0.1, 0.15) is 35.5 Å². The summed E-state index contributed by atoms with van der Waals surface area (Å²) in [6, 6.07) is 8.61. The first-order valence-corrected chi connectivity index (χ1v) is 10.0. The molecule has 0 aliphatic heterocycles. The predicted molar refractivity (Wildman–Crippen MR) is 110 cm³/mol. The Kier molecular flexibility index (Phi) is 8.91. The number of imide groups is 1. The first-order valence-electron chi connectivity index (χ1n) is 9.15. The van der Waals surface area contributed by atoms with Gasteiger partial charge in [-0.15, -0.1) is 11.3 Å². The Hall–Kier alpha value is -3.13. The van der Waals surface area contributed by atoms with Gasteiger partial charge in [-0.25, -0.2) is 4.79 Å². The summed E-state index contributed by atoms with van der Waals surface area (Å²) in [6.07, 6.45) is 3.63. The van der Waals surface area contributed by atoms with Gasteiger partial charge >= 0.3 is 5.97 Å². The van der Waals surface area contributed by atoms with Crippen molar-refractivity contribution in [1.82, 2.24) is 5.32 Å². The predicted octanol–water partition coefficient (Wildman–Crippen LogP) is 3.45. The second kappa shape index (κ2) is 11.7. The Morgan fingerprint density at radius 3 is 2.62 bits per heavy atom. The zero-order valence-corrected chi connectivity index (χ0v) is 17.1. The molecule has 0 radical (unpaired) electrons. The van der Waals surface area contributed by atoms with E-state index in [2.05, 4.69) is 5.32 Å². The van der Waals surface area contributed by atoms with E-state index >= 15 is 0 Å². The Labute approximate surface area is 173 Å². The third kappa shape index (κ3) is 7.42. The number of amides is 2. The number of carbonyl (C=O) groups is 3. The zero-order chi connectivity index (χ0) is 21.1. The quantitative estimate of drug-likeness (QED) is 0.470. The topological polar surface area (TPSA) is 90.9 Å². The van der Waals surface area contributed by atoms with Crippen LogP contribution < -0.4 is 14.8 Å². The summed E-state index contributed by atoms with van der Waals surface area (Å²) < 4.78 is 16.1. The Bertz CT molecular complexity index is 860. The highest BCUT2D eigenvalue weighted by molar-refractivity contribution is 7.12. The van der Waals surface area contributed by atoms with Crippen molar-refractivity contribution in [2.24, 2.45) is 0 Å². The van der Waals surface area contributed by atoms with Crippen molar-refractivity contribution in [2.75, 3.05) is 19.8 Å². The second-order valence-electron chi connectivity index (χ2n) is 5.78. The van der Waals surface area contributed by atoms with Gasteiger partial charge in [-0.1, -0.05) is 19.1 Å². The third-order valence-electron chi connectivity index (χ3n) is 3.48.